The number of nitro groups is 1. The van der Waals surface area contributed by atoms with Crippen LogP contribution in [0.25, 0.3) is 0 Å². The Morgan fingerprint density at radius 3 is 2.25 bits per heavy atom. The van der Waals surface area contributed by atoms with Crippen molar-refractivity contribution in [3.05, 3.63) is 68.8 Å². The third-order valence-corrected chi connectivity index (χ3v) is 3.11. The van der Waals surface area contributed by atoms with Crippen molar-refractivity contribution < 1.29 is 4.92 Å². The van der Waals surface area contributed by atoms with Crippen molar-refractivity contribution >= 4 is 11.4 Å². The van der Waals surface area contributed by atoms with Crippen molar-refractivity contribution in [2.75, 3.05) is 5.32 Å². The van der Waals surface area contributed by atoms with E-state index in [0.717, 1.165) is 11.1 Å². The van der Waals surface area contributed by atoms with Crippen LogP contribution < -0.4 is 5.32 Å². The average molecular weight is 270 g/mol. The van der Waals surface area contributed by atoms with E-state index in [-0.39, 0.29) is 10.6 Å². The second-order valence-corrected chi connectivity index (χ2v) is 5.13. The molecule has 4 nitrogen and oxygen atoms in total. The van der Waals surface area contributed by atoms with Crippen molar-refractivity contribution in [2.24, 2.45) is 0 Å². The van der Waals surface area contributed by atoms with Crippen molar-refractivity contribution in [3.63, 3.8) is 0 Å². The van der Waals surface area contributed by atoms with Gasteiger partial charge in [0.2, 0.25) is 0 Å². The van der Waals surface area contributed by atoms with E-state index >= 15 is 0 Å². The predicted molar refractivity (Wildman–Crippen MR) is 81.1 cm³/mol. The molecular formula is C16H18N2O2. The lowest BCUT2D eigenvalue weighted by molar-refractivity contribution is -0.384. The van der Waals surface area contributed by atoms with Crippen LogP contribution in [0, 0.1) is 30.9 Å². The van der Waals surface area contributed by atoms with Crippen molar-refractivity contribution in [3.8, 4) is 0 Å². The largest absolute Gasteiger partial charge is 0.375 e. The summed E-state index contributed by atoms with van der Waals surface area (Å²) in [5, 5.41) is 14.2. The van der Waals surface area contributed by atoms with Gasteiger partial charge in [0, 0.05) is 12.6 Å². The zero-order valence-corrected chi connectivity index (χ0v) is 11.9. The lowest BCUT2D eigenvalue weighted by atomic mass is 10.1. The normalized spacial score (nSPS) is 10.3. The zero-order valence-electron chi connectivity index (χ0n) is 11.9. The highest BCUT2D eigenvalue weighted by Crippen LogP contribution is 2.26. The molecule has 0 fully saturated rings. The SMILES string of the molecule is Cc1cc(C)cc(CNc2ccc(C)cc2[N+](=O)[O-])c1. The first-order valence-electron chi connectivity index (χ1n) is 6.52. The maximum absolute atomic E-state index is 11.1. The number of nitrogens with zero attached hydrogens (tertiary/aromatic N) is 1. The van der Waals surface area contributed by atoms with E-state index < -0.39 is 0 Å². The number of benzene rings is 2. The van der Waals surface area contributed by atoms with Gasteiger partial charge in [0.25, 0.3) is 5.69 Å². The predicted octanol–water partition coefficient (Wildman–Crippen LogP) is 4.13. The van der Waals surface area contributed by atoms with Gasteiger partial charge in [-0.3, -0.25) is 10.1 Å². The minimum Gasteiger partial charge on any atom is -0.375 e. The molecule has 104 valence electrons. The van der Waals surface area contributed by atoms with Crippen LogP contribution in [0.15, 0.2) is 36.4 Å². The molecule has 2 aromatic carbocycles. The summed E-state index contributed by atoms with van der Waals surface area (Å²) in [5.41, 5.74) is 5.07. The van der Waals surface area contributed by atoms with Crippen molar-refractivity contribution in [2.45, 2.75) is 27.3 Å². The molecule has 0 unspecified atom stereocenters. The fraction of sp³-hybridized carbons (Fsp3) is 0.250. The van der Waals surface area contributed by atoms with E-state index in [4.69, 9.17) is 0 Å². The number of nitrogens with one attached hydrogen (secondary N) is 1. The highest BCUT2D eigenvalue weighted by Gasteiger charge is 2.13. The summed E-state index contributed by atoms with van der Waals surface area (Å²) < 4.78 is 0. The molecule has 0 heterocycles. The molecule has 2 aromatic rings. The first-order chi connectivity index (χ1) is 9.45. The van der Waals surface area contributed by atoms with Crippen LogP contribution in [0.2, 0.25) is 0 Å². The summed E-state index contributed by atoms with van der Waals surface area (Å²) in [6.07, 6.45) is 0. The third kappa shape index (κ3) is 3.35. The number of nitro benzene ring substituents is 1. The van der Waals surface area contributed by atoms with Gasteiger partial charge in [-0.1, -0.05) is 35.4 Å². The summed E-state index contributed by atoms with van der Waals surface area (Å²) in [7, 11) is 0. The molecule has 0 saturated carbocycles. The van der Waals surface area contributed by atoms with E-state index in [9.17, 15) is 10.1 Å². The lowest BCUT2D eigenvalue weighted by Crippen LogP contribution is -2.03. The summed E-state index contributed by atoms with van der Waals surface area (Å²) in [4.78, 5) is 10.7. The number of anilines is 1. The molecule has 0 saturated heterocycles. The van der Waals surface area contributed by atoms with Gasteiger partial charge in [-0.25, -0.2) is 0 Å². The van der Waals surface area contributed by atoms with E-state index in [1.165, 1.54) is 11.1 Å². The average Bonchev–Trinajstić information content (AvgIpc) is 2.36. The molecule has 0 radical (unpaired) electrons. The van der Waals surface area contributed by atoms with Gasteiger partial charge >= 0.3 is 0 Å². The Labute approximate surface area is 118 Å². The maximum Gasteiger partial charge on any atom is 0.292 e. The Morgan fingerprint density at radius 2 is 1.65 bits per heavy atom. The molecule has 20 heavy (non-hydrogen) atoms. The molecule has 0 spiro atoms. The van der Waals surface area contributed by atoms with Gasteiger partial charge < -0.3 is 5.32 Å². The van der Waals surface area contributed by atoms with Crippen molar-refractivity contribution in [1.82, 2.24) is 0 Å². The van der Waals surface area contributed by atoms with Gasteiger partial charge in [0.05, 0.1) is 4.92 Å². The van der Waals surface area contributed by atoms with E-state index in [1.807, 2.05) is 26.8 Å². The molecule has 2 rings (SSSR count). The van der Waals surface area contributed by atoms with Gasteiger partial charge in [-0.2, -0.15) is 0 Å². The fourth-order valence-corrected chi connectivity index (χ4v) is 2.31. The van der Waals surface area contributed by atoms with Crippen LogP contribution in [0.3, 0.4) is 0 Å². The Balaban J connectivity index is 2.20. The Hall–Kier alpha value is -2.36. The smallest absolute Gasteiger partial charge is 0.292 e. The van der Waals surface area contributed by atoms with Crippen LogP contribution in [-0.4, -0.2) is 4.92 Å². The molecule has 4 heteroatoms. The topological polar surface area (TPSA) is 55.2 Å². The second kappa shape index (κ2) is 5.74. The van der Waals surface area contributed by atoms with Gasteiger partial charge in [-0.15, -0.1) is 0 Å². The maximum atomic E-state index is 11.1. The van der Waals surface area contributed by atoms with Gasteiger partial charge in [-0.05, 0) is 38.0 Å². The number of rotatable bonds is 4. The molecule has 0 aliphatic heterocycles. The summed E-state index contributed by atoms with van der Waals surface area (Å²) in [6, 6.07) is 11.5. The first kappa shape index (κ1) is 14.1. The van der Waals surface area contributed by atoms with E-state index in [2.05, 4.69) is 23.5 Å². The second-order valence-electron chi connectivity index (χ2n) is 5.13. The molecular weight excluding hydrogens is 252 g/mol. The molecule has 0 aliphatic rings. The summed E-state index contributed by atoms with van der Waals surface area (Å²) in [6.45, 7) is 6.52. The molecule has 0 amide bonds. The molecule has 0 atom stereocenters. The van der Waals surface area contributed by atoms with Crippen LogP contribution in [-0.2, 0) is 6.54 Å². The van der Waals surface area contributed by atoms with Gasteiger partial charge in [0.1, 0.15) is 5.69 Å². The minimum atomic E-state index is -0.350. The highest BCUT2D eigenvalue weighted by molar-refractivity contribution is 5.62. The fourth-order valence-electron chi connectivity index (χ4n) is 2.31. The highest BCUT2D eigenvalue weighted by atomic mass is 16.6. The van der Waals surface area contributed by atoms with Crippen molar-refractivity contribution in [1.29, 1.82) is 0 Å². The quantitative estimate of drug-likeness (QED) is 0.671. The number of hydrogen-bond donors (Lipinski definition) is 1. The standard InChI is InChI=1S/C16H18N2O2/c1-11-4-5-15(16(9-11)18(19)20)17-10-14-7-12(2)6-13(3)8-14/h4-9,17H,10H2,1-3H3. The number of aryl methyl sites for hydroxylation is 3. The Morgan fingerprint density at radius 1 is 1.00 bits per heavy atom. The lowest BCUT2D eigenvalue weighted by Gasteiger charge is -2.09. The van der Waals surface area contributed by atoms with Crippen LogP contribution in [0.4, 0.5) is 11.4 Å². The van der Waals surface area contributed by atoms with Crippen LogP contribution >= 0.6 is 0 Å². The van der Waals surface area contributed by atoms with Crippen LogP contribution in [0.1, 0.15) is 22.3 Å². The first-order valence-corrected chi connectivity index (χ1v) is 6.52. The van der Waals surface area contributed by atoms with E-state index in [1.54, 1.807) is 12.1 Å². The minimum absolute atomic E-state index is 0.120. The molecule has 0 aliphatic carbocycles. The zero-order chi connectivity index (χ0) is 14.7. The number of hydrogen-bond acceptors (Lipinski definition) is 3. The van der Waals surface area contributed by atoms with Gasteiger partial charge in [0.15, 0.2) is 0 Å². The Kier molecular flexibility index (Phi) is 4.03. The summed E-state index contributed by atoms with van der Waals surface area (Å²) >= 11 is 0. The Bertz CT molecular complexity index is 631. The molecule has 1 N–H and O–H groups in total. The third-order valence-electron chi connectivity index (χ3n) is 3.11. The van der Waals surface area contributed by atoms with Crippen LogP contribution in [0.5, 0.6) is 0 Å². The van der Waals surface area contributed by atoms with E-state index in [0.29, 0.717) is 12.2 Å². The summed E-state index contributed by atoms with van der Waals surface area (Å²) in [5.74, 6) is 0. The molecule has 0 bridgehead atoms. The monoisotopic (exact) mass is 270 g/mol. The molecule has 0 aromatic heterocycles.